The lowest BCUT2D eigenvalue weighted by atomic mass is 10.2. The van der Waals surface area contributed by atoms with Crippen molar-refractivity contribution in [2.45, 2.75) is 6.54 Å². The van der Waals surface area contributed by atoms with Crippen LogP contribution < -0.4 is 5.32 Å². The van der Waals surface area contributed by atoms with E-state index in [9.17, 15) is 9.18 Å². The summed E-state index contributed by atoms with van der Waals surface area (Å²) in [7, 11) is 0. The normalized spacial score (nSPS) is 14.7. The molecule has 1 fully saturated rings. The van der Waals surface area contributed by atoms with Gasteiger partial charge in [0.15, 0.2) is 11.5 Å². The summed E-state index contributed by atoms with van der Waals surface area (Å²) in [6.07, 6.45) is 1.51. The lowest BCUT2D eigenvalue weighted by Crippen LogP contribution is -2.35. The minimum absolute atomic E-state index is 0.0316. The van der Waals surface area contributed by atoms with Crippen LogP contribution in [0, 0.1) is 5.82 Å². The lowest BCUT2D eigenvalue weighted by Gasteiger charge is -2.26. The number of morpholine rings is 1. The Hall–Kier alpha value is -3.27. The number of fused-ring (bicyclic) bond motifs is 1. The van der Waals surface area contributed by atoms with E-state index in [0.29, 0.717) is 17.2 Å². The number of nitrogens with zero attached hydrogens (tertiary/aromatic N) is 3. The van der Waals surface area contributed by atoms with Crippen LogP contribution in [0.5, 0.6) is 0 Å². The molecule has 0 aliphatic carbocycles. The highest BCUT2D eigenvalue weighted by molar-refractivity contribution is 6.34. The van der Waals surface area contributed by atoms with E-state index in [0.717, 1.165) is 49.4 Å². The number of anilines is 1. The number of carbonyl (C=O) groups is 1. The third-order valence-electron chi connectivity index (χ3n) is 5.36. The van der Waals surface area contributed by atoms with Crippen molar-refractivity contribution in [1.29, 1.82) is 0 Å². The summed E-state index contributed by atoms with van der Waals surface area (Å²) >= 11 is 6.01. The highest BCUT2D eigenvalue weighted by Crippen LogP contribution is 2.28. The number of halogens is 2. The number of aromatic amines is 2. The third kappa shape index (κ3) is 4.10. The van der Waals surface area contributed by atoms with Crippen LogP contribution in [0.3, 0.4) is 0 Å². The number of amides is 1. The highest BCUT2D eigenvalue weighted by Gasteiger charge is 2.20. The van der Waals surface area contributed by atoms with Crippen LogP contribution in [0.1, 0.15) is 15.9 Å². The zero-order chi connectivity index (χ0) is 22.1. The Morgan fingerprint density at radius 1 is 1.25 bits per heavy atom. The smallest absolute Gasteiger partial charge is 0.260 e. The van der Waals surface area contributed by atoms with Crippen molar-refractivity contribution >= 4 is 34.2 Å². The number of nitrogens with one attached hydrogen (secondary N) is 3. The Balaban J connectivity index is 1.39. The van der Waals surface area contributed by atoms with Gasteiger partial charge in [-0.05, 0) is 29.8 Å². The van der Waals surface area contributed by atoms with Crippen molar-refractivity contribution in [3.8, 4) is 11.5 Å². The molecule has 1 saturated heterocycles. The molecular weight excluding hydrogens is 435 g/mol. The molecule has 8 nitrogen and oxygen atoms in total. The molecule has 0 radical (unpaired) electrons. The summed E-state index contributed by atoms with van der Waals surface area (Å²) in [5, 5.41) is 9.62. The van der Waals surface area contributed by atoms with Crippen LogP contribution in [0.25, 0.3) is 22.6 Å². The van der Waals surface area contributed by atoms with Crippen LogP contribution in [0.15, 0.2) is 42.6 Å². The molecule has 3 N–H and O–H groups in total. The number of ether oxygens (including phenoxy) is 1. The van der Waals surface area contributed by atoms with E-state index in [2.05, 4.69) is 36.4 Å². The second kappa shape index (κ2) is 8.70. The summed E-state index contributed by atoms with van der Waals surface area (Å²) in [5.41, 5.74) is 3.35. The van der Waals surface area contributed by atoms with E-state index in [4.69, 9.17) is 16.3 Å². The first-order valence-electron chi connectivity index (χ1n) is 10.2. The Kier molecular flexibility index (Phi) is 5.60. The fourth-order valence-corrected chi connectivity index (χ4v) is 3.99. The number of aromatic nitrogens is 4. The third-order valence-corrected chi connectivity index (χ3v) is 5.68. The maximum absolute atomic E-state index is 14.1. The Bertz CT molecular complexity index is 1260. The summed E-state index contributed by atoms with van der Waals surface area (Å²) in [6, 6.07) is 10.2. The second-order valence-electron chi connectivity index (χ2n) is 7.52. The standard InChI is InChI=1S/C22H20ClFN6O2/c23-14-2-1-3-15(24)19(14)22(31)28-18-11-25-29-20(18)21-26-16-5-4-13(10-17(16)27-21)12-30-6-8-32-9-7-30/h1-5,10-11H,6-9,12H2,(H,25,29)(H,26,27)(H,28,31). The first kappa shape index (κ1) is 20.6. The zero-order valence-corrected chi connectivity index (χ0v) is 17.7. The first-order chi connectivity index (χ1) is 15.6. The van der Waals surface area contributed by atoms with Gasteiger partial charge in [-0.1, -0.05) is 23.7 Å². The molecular formula is C22H20ClFN6O2. The van der Waals surface area contributed by atoms with Crippen molar-refractivity contribution in [2.24, 2.45) is 0 Å². The largest absolute Gasteiger partial charge is 0.379 e. The molecule has 2 aromatic heterocycles. The molecule has 1 aliphatic heterocycles. The van der Waals surface area contributed by atoms with Gasteiger partial charge >= 0.3 is 0 Å². The zero-order valence-electron chi connectivity index (χ0n) is 17.0. The van der Waals surface area contributed by atoms with E-state index in [1.54, 1.807) is 0 Å². The maximum Gasteiger partial charge on any atom is 0.260 e. The molecule has 0 spiro atoms. The highest BCUT2D eigenvalue weighted by atomic mass is 35.5. The number of hydrogen-bond acceptors (Lipinski definition) is 5. The number of benzene rings is 2. The number of H-pyrrole nitrogens is 2. The molecule has 10 heteroatoms. The van der Waals surface area contributed by atoms with Crippen LogP contribution in [0.2, 0.25) is 5.02 Å². The SMILES string of the molecule is O=C(Nc1c[nH]nc1-c1nc2cc(CN3CCOCC3)ccc2[nH]1)c1c(F)cccc1Cl. The monoisotopic (exact) mass is 454 g/mol. The van der Waals surface area contributed by atoms with Gasteiger partial charge in [0.1, 0.15) is 5.82 Å². The first-order valence-corrected chi connectivity index (χ1v) is 10.5. The Labute approximate surface area is 187 Å². The summed E-state index contributed by atoms with van der Waals surface area (Å²) in [4.78, 5) is 22.8. The van der Waals surface area contributed by atoms with Crippen LogP contribution in [-0.4, -0.2) is 57.3 Å². The molecule has 4 aromatic rings. The van der Waals surface area contributed by atoms with Gasteiger partial charge in [0.25, 0.3) is 5.91 Å². The average molecular weight is 455 g/mol. The van der Waals surface area contributed by atoms with Crippen LogP contribution in [-0.2, 0) is 11.3 Å². The Morgan fingerprint density at radius 3 is 2.91 bits per heavy atom. The minimum Gasteiger partial charge on any atom is -0.379 e. The minimum atomic E-state index is -0.698. The van der Waals surface area contributed by atoms with Crippen molar-refractivity contribution in [3.63, 3.8) is 0 Å². The molecule has 0 saturated carbocycles. The van der Waals surface area contributed by atoms with E-state index in [1.165, 1.54) is 24.4 Å². The Morgan fingerprint density at radius 2 is 2.09 bits per heavy atom. The van der Waals surface area contributed by atoms with Crippen molar-refractivity contribution in [3.05, 3.63) is 64.6 Å². The van der Waals surface area contributed by atoms with Gasteiger partial charge < -0.3 is 15.0 Å². The molecule has 3 heterocycles. The van der Waals surface area contributed by atoms with Crippen molar-refractivity contribution in [1.82, 2.24) is 25.1 Å². The predicted molar refractivity (Wildman–Crippen MR) is 119 cm³/mol. The number of imidazole rings is 1. The van der Waals surface area contributed by atoms with E-state index >= 15 is 0 Å². The topological polar surface area (TPSA) is 98.9 Å². The van der Waals surface area contributed by atoms with Crippen LogP contribution >= 0.6 is 11.6 Å². The van der Waals surface area contributed by atoms with Gasteiger partial charge in [0, 0.05) is 25.8 Å². The quantitative estimate of drug-likeness (QED) is 0.425. The fourth-order valence-electron chi connectivity index (χ4n) is 3.74. The van der Waals surface area contributed by atoms with Crippen molar-refractivity contribution < 1.29 is 13.9 Å². The van der Waals surface area contributed by atoms with Gasteiger partial charge in [-0.25, -0.2) is 9.37 Å². The second-order valence-corrected chi connectivity index (χ2v) is 7.93. The average Bonchev–Trinajstić information content (AvgIpc) is 3.40. The van der Waals surface area contributed by atoms with E-state index in [-0.39, 0.29) is 10.6 Å². The molecule has 5 rings (SSSR count). The molecule has 0 bridgehead atoms. The summed E-state index contributed by atoms with van der Waals surface area (Å²) in [5.74, 6) is -0.879. The summed E-state index contributed by atoms with van der Waals surface area (Å²) < 4.78 is 19.5. The molecule has 0 atom stereocenters. The fraction of sp³-hybridized carbons (Fsp3) is 0.227. The number of rotatable bonds is 5. The molecule has 164 valence electrons. The van der Waals surface area contributed by atoms with Crippen LogP contribution in [0.4, 0.5) is 10.1 Å². The maximum atomic E-state index is 14.1. The molecule has 2 aromatic carbocycles. The molecule has 0 unspecified atom stereocenters. The number of hydrogen-bond donors (Lipinski definition) is 3. The lowest BCUT2D eigenvalue weighted by molar-refractivity contribution is 0.0342. The van der Waals surface area contributed by atoms with E-state index in [1.807, 2.05) is 12.1 Å². The van der Waals surface area contributed by atoms with Gasteiger partial charge in [-0.15, -0.1) is 0 Å². The van der Waals surface area contributed by atoms with Gasteiger partial charge in [-0.3, -0.25) is 14.8 Å². The predicted octanol–water partition coefficient (Wildman–Crippen LogP) is 3.83. The molecule has 1 amide bonds. The van der Waals surface area contributed by atoms with Gasteiger partial charge in [0.05, 0.1) is 40.5 Å². The van der Waals surface area contributed by atoms with Crippen molar-refractivity contribution in [2.75, 3.05) is 31.6 Å². The molecule has 32 heavy (non-hydrogen) atoms. The molecule has 1 aliphatic rings. The summed E-state index contributed by atoms with van der Waals surface area (Å²) in [6.45, 7) is 4.15. The number of carbonyl (C=O) groups excluding carboxylic acids is 1. The van der Waals surface area contributed by atoms with Gasteiger partial charge in [0.2, 0.25) is 0 Å². The van der Waals surface area contributed by atoms with Gasteiger partial charge in [-0.2, -0.15) is 5.10 Å². The van der Waals surface area contributed by atoms with E-state index < -0.39 is 11.7 Å².